The zero-order chi connectivity index (χ0) is 24.8. The van der Waals surface area contributed by atoms with E-state index in [9.17, 15) is 29.4 Å². The molecule has 0 spiro atoms. The minimum absolute atomic E-state index is 0.0639. The average molecular weight is 471 g/mol. The summed E-state index contributed by atoms with van der Waals surface area (Å²) in [6.07, 6.45) is 0.128. The fourth-order valence-electron chi connectivity index (χ4n) is 4.05. The molecule has 2 amide bonds. The second kappa shape index (κ2) is 11.8. The molecule has 0 aromatic rings. The second-order valence-electron chi connectivity index (χ2n) is 10.2. The van der Waals surface area contributed by atoms with Gasteiger partial charge in [0.05, 0.1) is 30.5 Å². The van der Waals surface area contributed by atoms with Gasteiger partial charge < -0.3 is 29.5 Å². The highest BCUT2D eigenvalue weighted by Crippen LogP contribution is 2.25. The Labute approximate surface area is 195 Å². The Morgan fingerprint density at radius 2 is 1.21 bits per heavy atom. The molecule has 2 fully saturated rings. The number of hydrogen-bond acceptors (Lipinski definition) is 8. The molecule has 10 heteroatoms. The number of ether oxygens (including phenoxy) is 2. The molecular weight excluding hydrogens is 432 g/mol. The number of likely N-dealkylation sites (tertiary alicyclic amines) is 2. The van der Waals surface area contributed by atoms with Crippen LogP contribution in [0.1, 0.15) is 40.5 Å². The zero-order valence-electron chi connectivity index (χ0n) is 20.1. The molecule has 2 heterocycles. The van der Waals surface area contributed by atoms with Crippen molar-refractivity contribution in [1.29, 1.82) is 0 Å². The number of esters is 2. The molecule has 2 atom stereocenters. The molecule has 0 radical (unpaired) electrons. The molecule has 0 aromatic carbocycles. The summed E-state index contributed by atoms with van der Waals surface area (Å²) in [4.78, 5) is 52.5. The number of amides is 2. The Bertz CT molecular complexity index is 663. The Hall–Kier alpha value is -2.20. The molecule has 2 aliphatic heterocycles. The fraction of sp³-hybridized carbons (Fsp3) is 0.826. The first-order chi connectivity index (χ1) is 15.5. The van der Waals surface area contributed by atoms with E-state index in [1.54, 1.807) is 9.80 Å². The molecule has 2 N–H and O–H groups in total. The first kappa shape index (κ1) is 27.0. The molecule has 10 nitrogen and oxygen atoms in total. The van der Waals surface area contributed by atoms with Crippen molar-refractivity contribution in [3.05, 3.63) is 0 Å². The van der Waals surface area contributed by atoms with E-state index in [1.165, 1.54) is 0 Å². The fourth-order valence-corrected chi connectivity index (χ4v) is 4.05. The largest absolute Gasteiger partial charge is 0.464 e. The van der Waals surface area contributed by atoms with Crippen LogP contribution in [0.4, 0.5) is 0 Å². The summed E-state index contributed by atoms with van der Waals surface area (Å²) in [7, 11) is 0. The van der Waals surface area contributed by atoms with Gasteiger partial charge >= 0.3 is 11.9 Å². The Kier molecular flexibility index (Phi) is 9.66. The lowest BCUT2D eigenvalue weighted by Gasteiger charge is -2.29. The van der Waals surface area contributed by atoms with E-state index in [2.05, 4.69) is 0 Å². The van der Waals surface area contributed by atoms with Gasteiger partial charge in [-0.25, -0.2) is 0 Å². The minimum Gasteiger partial charge on any atom is -0.464 e. The minimum atomic E-state index is -1.37. The van der Waals surface area contributed by atoms with Crippen molar-refractivity contribution in [2.24, 2.45) is 29.1 Å². The van der Waals surface area contributed by atoms with E-state index in [-0.39, 0.29) is 62.8 Å². The number of aliphatic hydroxyl groups excluding tert-OH is 2. The molecule has 0 bridgehead atoms. The second-order valence-corrected chi connectivity index (χ2v) is 10.2. The summed E-state index contributed by atoms with van der Waals surface area (Å²) in [6.45, 7) is 7.77. The van der Waals surface area contributed by atoms with Crippen LogP contribution in [0.3, 0.4) is 0 Å². The van der Waals surface area contributed by atoms with Crippen LogP contribution in [-0.2, 0) is 28.7 Å². The smallest absolute Gasteiger partial charge is 0.311 e. The Morgan fingerprint density at radius 3 is 1.52 bits per heavy atom. The van der Waals surface area contributed by atoms with Gasteiger partial charge in [0.25, 0.3) is 0 Å². The normalized spacial score (nSPS) is 21.5. The maximum atomic E-state index is 12.5. The predicted octanol–water partition coefficient (Wildman–Crippen LogP) is 0.0528. The van der Waals surface area contributed by atoms with Crippen LogP contribution in [0, 0.1) is 29.1 Å². The molecule has 2 saturated heterocycles. The third-order valence-corrected chi connectivity index (χ3v) is 5.98. The molecule has 0 aromatic heterocycles. The lowest BCUT2D eigenvalue weighted by Crippen LogP contribution is -2.42. The van der Waals surface area contributed by atoms with E-state index < -0.39 is 42.4 Å². The predicted molar refractivity (Wildman–Crippen MR) is 118 cm³/mol. The summed E-state index contributed by atoms with van der Waals surface area (Å²) >= 11 is 0. The number of carbonyl (C=O) groups is 4. The highest BCUT2D eigenvalue weighted by Gasteiger charge is 2.40. The van der Waals surface area contributed by atoms with Crippen LogP contribution in [0.5, 0.6) is 0 Å². The Morgan fingerprint density at radius 1 is 0.848 bits per heavy atom. The van der Waals surface area contributed by atoms with Crippen LogP contribution in [0.25, 0.3) is 0 Å². The number of carbonyl (C=O) groups excluding carboxylic acids is 4. The van der Waals surface area contributed by atoms with E-state index in [0.717, 1.165) is 0 Å². The maximum absolute atomic E-state index is 12.5. The van der Waals surface area contributed by atoms with Crippen molar-refractivity contribution in [1.82, 2.24) is 9.80 Å². The van der Waals surface area contributed by atoms with E-state index >= 15 is 0 Å². The summed E-state index contributed by atoms with van der Waals surface area (Å²) in [5.74, 6) is -2.03. The molecule has 2 rings (SSSR count). The van der Waals surface area contributed by atoms with Crippen LogP contribution in [0.15, 0.2) is 0 Å². The molecular formula is C23H38N2O8. The van der Waals surface area contributed by atoms with Crippen molar-refractivity contribution >= 4 is 23.8 Å². The van der Waals surface area contributed by atoms with Gasteiger partial charge in [-0.15, -0.1) is 0 Å². The monoisotopic (exact) mass is 470 g/mol. The molecule has 33 heavy (non-hydrogen) atoms. The third-order valence-electron chi connectivity index (χ3n) is 5.98. The van der Waals surface area contributed by atoms with Crippen molar-refractivity contribution in [2.75, 3.05) is 52.6 Å². The molecule has 0 aliphatic carbocycles. The topological polar surface area (TPSA) is 134 Å². The number of nitrogens with zero attached hydrogens (tertiary/aromatic N) is 2. The van der Waals surface area contributed by atoms with E-state index in [4.69, 9.17) is 9.47 Å². The van der Waals surface area contributed by atoms with Gasteiger partial charge in [-0.1, -0.05) is 27.7 Å². The highest BCUT2D eigenvalue weighted by atomic mass is 16.6. The van der Waals surface area contributed by atoms with Gasteiger partial charge in [0, 0.05) is 39.0 Å². The average Bonchev–Trinajstić information content (AvgIpc) is 3.30. The summed E-state index contributed by atoms with van der Waals surface area (Å²) in [5.41, 5.74) is -1.37. The number of hydrogen-bond donors (Lipinski definition) is 2. The summed E-state index contributed by atoms with van der Waals surface area (Å²) in [5, 5.41) is 19.7. The van der Waals surface area contributed by atoms with Gasteiger partial charge in [-0.05, 0) is 11.8 Å². The van der Waals surface area contributed by atoms with Crippen molar-refractivity contribution in [3.63, 3.8) is 0 Å². The van der Waals surface area contributed by atoms with E-state index in [1.807, 2.05) is 27.7 Å². The van der Waals surface area contributed by atoms with Gasteiger partial charge in [0.2, 0.25) is 11.8 Å². The maximum Gasteiger partial charge on any atom is 0.311 e. The third kappa shape index (κ3) is 7.40. The van der Waals surface area contributed by atoms with Crippen molar-refractivity contribution in [2.45, 2.75) is 40.5 Å². The van der Waals surface area contributed by atoms with Gasteiger partial charge in [0.1, 0.15) is 13.2 Å². The van der Waals surface area contributed by atoms with Gasteiger partial charge in [-0.3, -0.25) is 19.2 Å². The highest BCUT2D eigenvalue weighted by molar-refractivity contribution is 5.87. The van der Waals surface area contributed by atoms with Gasteiger partial charge in [0.15, 0.2) is 0 Å². The van der Waals surface area contributed by atoms with Crippen LogP contribution < -0.4 is 0 Å². The summed E-state index contributed by atoms with van der Waals surface area (Å²) < 4.78 is 10.6. The van der Waals surface area contributed by atoms with Crippen LogP contribution in [0.2, 0.25) is 0 Å². The summed E-state index contributed by atoms with van der Waals surface area (Å²) in [6, 6.07) is 0. The van der Waals surface area contributed by atoms with Crippen LogP contribution in [-0.4, -0.2) is 96.4 Å². The van der Waals surface area contributed by atoms with Crippen molar-refractivity contribution in [3.8, 4) is 0 Å². The standard InChI is InChI=1S/C23H38N2O8/c1-15(2)7-24-9-17(5-19(24)28)21(30)32-13-23(11-26,12-27)14-33-22(31)18-6-20(29)25(10-18)8-16(3)4/h15-18,26-27H,5-14H2,1-4H3. The molecule has 2 unspecified atom stereocenters. The molecule has 2 aliphatic rings. The lowest BCUT2D eigenvalue weighted by atomic mass is 9.92. The molecule has 188 valence electrons. The van der Waals surface area contributed by atoms with Crippen LogP contribution >= 0.6 is 0 Å². The quantitative estimate of drug-likeness (QED) is 0.382. The first-order valence-corrected chi connectivity index (χ1v) is 11.6. The number of aliphatic hydroxyl groups is 2. The first-order valence-electron chi connectivity index (χ1n) is 11.6. The van der Waals surface area contributed by atoms with Crippen molar-refractivity contribution < 1.29 is 38.9 Å². The zero-order valence-corrected chi connectivity index (χ0v) is 20.1. The molecule has 0 saturated carbocycles. The number of rotatable bonds is 12. The van der Waals surface area contributed by atoms with E-state index in [0.29, 0.717) is 13.1 Å². The lowest BCUT2D eigenvalue weighted by molar-refractivity contribution is -0.163. The SMILES string of the molecule is CC(C)CN1CC(C(=O)OCC(CO)(CO)COC(=O)C2CC(=O)N(CC(C)C)C2)CC1=O. The van der Waals surface area contributed by atoms with Gasteiger partial charge in [-0.2, -0.15) is 0 Å². The Balaban J connectivity index is 1.87.